The molecule has 0 bridgehead atoms. The van der Waals surface area contributed by atoms with Gasteiger partial charge in [-0.15, -0.1) is 11.3 Å². The molecule has 0 fully saturated rings. The van der Waals surface area contributed by atoms with Gasteiger partial charge in [0.15, 0.2) is 4.67 Å². The summed E-state index contributed by atoms with van der Waals surface area (Å²) in [6.45, 7) is 3.59. The van der Waals surface area contributed by atoms with Gasteiger partial charge in [0.05, 0.1) is 11.6 Å². The Kier molecular flexibility index (Phi) is 3.56. The van der Waals surface area contributed by atoms with Crippen LogP contribution < -0.4 is 5.32 Å². The van der Waals surface area contributed by atoms with Crippen LogP contribution in [0.3, 0.4) is 0 Å². The van der Waals surface area contributed by atoms with E-state index in [-0.39, 0.29) is 0 Å². The lowest BCUT2D eigenvalue weighted by molar-refractivity contribution is 0.466. The third-order valence-corrected chi connectivity index (χ3v) is 3.24. The molecule has 0 amide bonds. The molecule has 1 N–H and O–H groups in total. The highest BCUT2D eigenvalue weighted by Gasteiger charge is 2.00. The highest BCUT2D eigenvalue weighted by Crippen LogP contribution is 2.14. The summed E-state index contributed by atoms with van der Waals surface area (Å²) in [4.78, 5) is 5.44. The molecule has 0 aliphatic heterocycles. The van der Waals surface area contributed by atoms with Gasteiger partial charge in [-0.2, -0.15) is 0 Å². The number of rotatable bonds is 4. The van der Waals surface area contributed by atoms with Crippen LogP contribution in [0.2, 0.25) is 0 Å². The number of aromatic nitrogens is 1. The van der Waals surface area contributed by atoms with Crippen LogP contribution in [-0.2, 0) is 13.1 Å². The van der Waals surface area contributed by atoms with Gasteiger partial charge < -0.3 is 9.73 Å². The average Bonchev–Trinajstić information content (AvgIpc) is 2.76. The summed E-state index contributed by atoms with van der Waals surface area (Å²) in [5.74, 6) is 0.933. The quantitative estimate of drug-likeness (QED) is 0.939. The predicted octanol–water partition coefficient (Wildman–Crippen LogP) is 3.10. The highest BCUT2D eigenvalue weighted by atomic mass is 79.9. The number of thiazole rings is 1. The molecular weight excluding hydrogens is 276 g/mol. The number of halogens is 1. The number of nitrogens with zero attached hydrogens (tertiary/aromatic N) is 1. The molecule has 0 radical (unpaired) electrons. The van der Waals surface area contributed by atoms with Crippen molar-refractivity contribution in [3.05, 3.63) is 38.6 Å². The van der Waals surface area contributed by atoms with Crippen LogP contribution in [0.15, 0.2) is 27.4 Å². The van der Waals surface area contributed by atoms with Gasteiger partial charge in [0.25, 0.3) is 0 Å². The SMILES string of the molecule is Cc1ncc(CNCc2ccc(Br)o2)s1. The molecule has 2 aromatic rings. The smallest absolute Gasteiger partial charge is 0.169 e. The lowest BCUT2D eigenvalue weighted by atomic mass is 10.4. The molecule has 5 heteroatoms. The van der Waals surface area contributed by atoms with E-state index in [1.54, 1.807) is 11.3 Å². The predicted molar refractivity (Wildman–Crippen MR) is 63.8 cm³/mol. The summed E-state index contributed by atoms with van der Waals surface area (Å²) in [5.41, 5.74) is 0. The van der Waals surface area contributed by atoms with Crippen molar-refractivity contribution in [3.8, 4) is 0 Å². The van der Waals surface area contributed by atoms with E-state index in [1.165, 1.54) is 4.88 Å². The summed E-state index contributed by atoms with van der Waals surface area (Å²) < 4.78 is 6.14. The Morgan fingerprint density at radius 2 is 2.33 bits per heavy atom. The van der Waals surface area contributed by atoms with E-state index in [0.29, 0.717) is 0 Å². The minimum Gasteiger partial charge on any atom is -0.453 e. The van der Waals surface area contributed by atoms with Gasteiger partial charge in [0, 0.05) is 17.6 Å². The Balaban J connectivity index is 1.80. The zero-order chi connectivity index (χ0) is 10.7. The maximum Gasteiger partial charge on any atom is 0.169 e. The van der Waals surface area contributed by atoms with Crippen molar-refractivity contribution in [2.24, 2.45) is 0 Å². The molecule has 2 heterocycles. The van der Waals surface area contributed by atoms with Crippen LogP contribution >= 0.6 is 27.3 Å². The van der Waals surface area contributed by atoms with Crippen LogP contribution in [-0.4, -0.2) is 4.98 Å². The topological polar surface area (TPSA) is 38.1 Å². The molecule has 0 aliphatic rings. The molecular formula is C10H11BrN2OS. The number of furan rings is 1. The summed E-state index contributed by atoms with van der Waals surface area (Å²) >= 11 is 4.98. The van der Waals surface area contributed by atoms with Crippen LogP contribution in [0.25, 0.3) is 0 Å². The van der Waals surface area contributed by atoms with Gasteiger partial charge in [-0.3, -0.25) is 0 Å². The first-order chi connectivity index (χ1) is 7.24. The van der Waals surface area contributed by atoms with E-state index >= 15 is 0 Å². The van der Waals surface area contributed by atoms with Gasteiger partial charge in [-0.05, 0) is 35.0 Å². The zero-order valence-electron chi connectivity index (χ0n) is 8.29. The van der Waals surface area contributed by atoms with Crippen LogP contribution in [0.4, 0.5) is 0 Å². The van der Waals surface area contributed by atoms with Gasteiger partial charge in [0.1, 0.15) is 5.76 Å². The number of hydrogen-bond acceptors (Lipinski definition) is 4. The lowest BCUT2D eigenvalue weighted by Gasteiger charge is -1.98. The first-order valence-corrected chi connectivity index (χ1v) is 6.21. The normalized spacial score (nSPS) is 10.8. The fourth-order valence-corrected chi connectivity index (χ4v) is 2.35. The number of aryl methyl sites for hydroxylation is 1. The summed E-state index contributed by atoms with van der Waals surface area (Å²) in [5, 5.41) is 4.40. The third kappa shape index (κ3) is 3.15. The molecule has 0 saturated heterocycles. The fraction of sp³-hybridized carbons (Fsp3) is 0.300. The molecule has 3 nitrogen and oxygen atoms in total. The van der Waals surface area contributed by atoms with Gasteiger partial charge in [-0.25, -0.2) is 4.98 Å². The monoisotopic (exact) mass is 286 g/mol. The van der Waals surface area contributed by atoms with E-state index in [2.05, 4.69) is 26.2 Å². The molecule has 0 atom stereocenters. The van der Waals surface area contributed by atoms with Crippen molar-refractivity contribution in [2.75, 3.05) is 0 Å². The zero-order valence-corrected chi connectivity index (χ0v) is 10.7. The Bertz CT molecular complexity index is 398. The van der Waals surface area contributed by atoms with Crippen molar-refractivity contribution in [2.45, 2.75) is 20.0 Å². The van der Waals surface area contributed by atoms with Crippen LogP contribution in [0.1, 0.15) is 15.6 Å². The summed E-state index contributed by atoms with van der Waals surface area (Å²) in [6, 6.07) is 3.85. The van der Waals surface area contributed by atoms with Crippen LogP contribution in [0.5, 0.6) is 0 Å². The average molecular weight is 287 g/mol. The van der Waals surface area contributed by atoms with Gasteiger partial charge >= 0.3 is 0 Å². The number of nitrogens with one attached hydrogen (secondary N) is 1. The Labute approximate surface area is 101 Å². The maximum atomic E-state index is 5.37. The molecule has 0 aromatic carbocycles. The second-order valence-corrected chi connectivity index (χ2v) is 5.26. The molecule has 2 rings (SSSR count). The summed E-state index contributed by atoms with van der Waals surface area (Å²) in [6.07, 6.45) is 1.91. The minimum atomic E-state index is 0.739. The molecule has 0 unspecified atom stereocenters. The van der Waals surface area contributed by atoms with E-state index < -0.39 is 0 Å². The van der Waals surface area contributed by atoms with E-state index in [4.69, 9.17) is 4.42 Å². The van der Waals surface area contributed by atoms with E-state index in [0.717, 1.165) is 28.5 Å². The Morgan fingerprint density at radius 1 is 1.47 bits per heavy atom. The fourth-order valence-electron chi connectivity index (χ4n) is 1.24. The van der Waals surface area contributed by atoms with Crippen LogP contribution in [0, 0.1) is 6.92 Å². The first-order valence-electron chi connectivity index (χ1n) is 4.60. The molecule has 80 valence electrons. The Morgan fingerprint density at radius 3 is 2.93 bits per heavy atom. The summed E-state index contributed by atoms with van der Waals surface area (Å²) in [7, 11) is 0. The van der Waals surface area contributed by atoms with Crippen molar-refractivity contribution < 1.29 is 4.42 Å². The van der Waals surface area contributed by atoms with E-state index in [1.807, 2.05) is 25.3 Å². The number of hydrogen-bond donors (Lipinski definition) is 1. The molecule has 0 aliphatic carbocycles. The van der Waals surface area contributed by atoms with Crippen molar-refractivity contribution in [1.29, 1.82) is 0 Å². The second kappa shape index (κ2) is 4.92. The molecule has 2 aromatic heterocycles. The standard InChI is InChI=1S/C10H11BrN2OS/c1-7-13-6-9(15-7)5-12-4-8-2-3-10(11)14-8/h2-3,6,12H,4-5H2,1H3. The highest BCUT2D eigenvalue weighted by molar-refractivity contribution is 9.10. The second-order valence-electron chi connectivity index (χ2n) is 3.15. The first kappa shape index (κ1) is 10.9. The third-order valence-electron chi connectivity index (χ3n) is 1.90. The largest absolute Gasteiger partial charge is 0.453 e. The lowest BCUT2D eigenvalue weighted by Crippen LogP contribution is -2.10. The van der Waals surface area contributed by atoms with Crippen molar-refractivity contribution in [3.63, 3.8) is 0 Å². The van der Waals surface area contributed by atoms with Crippen molar-refractivity contribution in [1.82, 2.24) is 10.3 Å². The van der Waals surface area contributed by atoms with E-state index in [9.17, 15) is 0 Å². The minimum absolute atomic E-state index is 0.739. The molecule has 0 spiro atoms. The maximum absolute atomic E-state index is 5.37. The molecule has 0 saturated carbocycles. The molecule has 15 heavy (non-hydrogen) atoms. The van der Waals surface area contributed by atoms with Gasteiger partial charge in [-0.1, -0.05) is 0 Å². The van der Waals surface area contributed by atoms with Gasteiger partial charge in [0.2, 0.25) is 0 Å². The van der Waals surface area contributed by atoms with Crippen molar-refractivity contribution >= 4 is 27.3 Å². The Hall–Kier alpha value is -0.650.